The van der Waals surface area contributed by atoms with Gasteiger partial charge in [-0.25, -0.2) is 13.5 Å². The van der Waals surface area contributed by atoms with Crippen LogP contribution in [-0.2, 0) is 6.42 Å². The molecular weight excluding hydrogens is 372 g/mol. The first-order valence-electron chi connectivity index (χ1n) is 8.56. The molecule has 1 aromatic heterocycles. The summed E-state index contributed by atoms with van der Waals surface area (Å²) in [7, 11) is 0. The van der Waals surface area contributed by atoms with Crippen molar-refractivity contribution in [1.29, 1.82) is 0 Å². The van der Waals surface area contributed by atoms with Crippen molar-refractivity contribution in [2.45, 2.75) is 19.8 Å². The molecule has 0 N–H and O–H groups in total. The molecule has 2 aromatic carbocycles. The van der Waals surface area contributed by atoms with Crippen LogP contribution in [0.2, 0.25) is 5.02 Å². The van der Waals surface area contributed by atoms with E-state index in [1.807, 2.05) is 6.07 Å². The van der Waals surface area contributed by atoms with E-state index in [4.69, 9.17) is 11.6 Å². The number of benzene rings is 2. The maximum absolute atomic E-state index is 14.4. The molecule has 0 saturated heterocycles. The fourth-order valence-electron chi connectivity index (χ4n) is 3.49. The lowest BCUT2D eigenvalue weighted by Gasteiger charge is -2.29. The minimum Gasteiger partial charge on any atom is -0.305 e. The van der Waals surface area contributed by atoms with Gasteiger partial charge in [-0.1, -0.05) is 17.7 Å². The van der Waals surface area contributed by atoms with Crippen LogP contribution >= 0.6 is 11.6 Å². The van der Waals surface area contributed by atoms with Gasteiger partial charge < -0.3 is 4.90 Å². The summed E-state index contributed by atoms with van der Waals surface area (Å²) in [6, 6.07) is 9.23. The SMILES string of the molecule is Cc1c(C(=O)N2CCCc3cc(F)cc(F)c32)cnn1-c1cccc(Cl)c1. The Kier molecular flexibility index (Phi) is 4.44. The van der Waals surface area contributed by atoms with Gasteiger partial charge in [0.15, 0.2) is 0 Å². The maximum atomic E-state index is 14.4. The lowest BCUT2D eigenvalue weighted by Crippen LogP contribution is -2.36. The van der Waals surface area contributed by atoms with E-state index in [-0.39, 0.29) is 11.6 Å². The second kappa shape index (κ2) is 6.78. The number of hydrogen-bond acceptors (Lipinski definition) is 2. The van der Waals surface area contributed by atoms with Crippen molar-refractivity contribution in [1.82, 2.24) is 9.78 Å². The smallest absolute Gasteiger partial charge is 0.261 e. The molecule has 138 valence electrons. The van der Waals surface area contributed by atoms with Crippen LogP contribution in [0.1, 0.15) is 28.0 Å². The van der Waals surface area contributed by atoms with Gasteiger partial charge in [-0.3, -0.25) is 4.79 Å². The number of rotatable bonds is 2. The third-order valence-corrected chi connectivity index (χ3v) is 4.98. The van der Waals surface area contributed by atoms with Gasteiger partial charge in [0, 0.05) is 17.6 Å². The average molecular weight is 388 g/mol. The van der Waals surface area contributed by atoms with E-state index < -0.39 is 11.6 Å². The number of anilines is 1. The van der Waals surface area contributed by atoms with Gasteiger partial charge in [-0.15, -0.1) is 0 Å². The van der Waals surface area contributed by atoms with Gasteiger partial charge in [-0.2, -0.15) is 5.10 Å². The van der Waals surface area contributed by atoms with Crippen molar-refractivity contribution < 1.29 is 13.6 Å². The van der Waals surface area contributed by atoms with Crippen molar-refractivity contribution in [3.8, 4) is 5.69 Å². The number of halogens is 3. The summed E-state index contributed by atoms with van der Waals surface area (Å²) in [5.41, 5.74) is 2.38. The Morgan fingerprint density at radius 1 is 1.22 bits per heavy atom. The summed E-state index contributed by atoms with van der Waals surface area (Å²) < 4.78 is 29.5. The van der Waals surface area contributed by atoms with Gasteiger partial charge in [0.1, 0.15) is 11.6 Å². The lowest BCUT2D eigenvalue weighted by atomic mass is 10.00. The Hall–Kier alpha value is -2.73. The minimum absolute atomic E-state index is 0.155. The maximum Gasteiger partial charge on any atom is 0.261 e. The molecule has 27 heavy (non-hydrogen) atoms. The summed E-state index contributed by atoms with van der Waals surface area (Å²) in [6.45, 7) is 2.14. The Bertz CT molecular complexity index is 1050. The van der Waals surface area contributed by atoms with E-state index >= 15 is 0 Å². The van der Waals surface area contributed by atoms with Crippen LogP contribution in [0, 0.1) is 18.6 Å². The molecule has 0 radical (unpaired) electrons. The van der Waals surface area contributed by atoms with Crippen LogP contribution in [0.25, 0.3) is 5.69 Å². The Balaban J connectivity index is 1.74. The molecule has 1 aliphatic rings. The number of carbonyl (C=O) groups is 1. The summed E-state index contributed by atoms with van der Waals surface area (Å²) in [5.74, 6) is -1.71. The second-order valence-corrected chi connectivity index (χ2v) is 6.93. The molecule has 0 fully saturated rings. The largest absolute Gasteiger partial charge is 0.305 e. The standard InChI is InChI=1S/C20H16ClF2N3O/c1-12-17(11-24-26(12)16-6-2-5-14(21)9-16)20(27)25-7-3-4-13-8-15(22)10-18(23)19(13)25/h2,5-6,8-11H,3-4,7H2,1H3. The minimum atomic E-state index is -0.724. The zero-order valence-corrected chi connectivity index (χ0v) is 15.3. The summed E-state index contributed by atoms with van der Waals surface area (Å²) in [4.78, 5) is 14.5. The molecule has 7 heteroatoms. The molecule has 0 unspecified atom stereocenters. The van der Waals surface area contributed by atoms with E-state index in [2.05, 4.69) is 5.10 Å². The summed E-state index contributed by atoms with van der Waals surface area (Å²) in [6.07, 6.45) is 2.64. The van der Waals surface area contributed by atoms with Gasteiger partial charge in [0.05, 0.1) is 28.8 Å². The van der Waals surface area contributed by atoms with Crippen LogP contribution in [0.3, 0.4) is 0 Å². The highest BCUT2D eigenvalue weighted by atomic mass is 35.5. The highest BCUT2D eigenvalue weighted by Crippen LogP contribution is 2.32. The van der Waals surface area contributed by atoms with Crippen molar-refractivity contribution >= 4 is 23.2 Å². The normalized spacial score (nSPS) is 13.6. The van der Waals surface area contributed by atoms with Gasteiger partial charge in [-0.05, 0) is 49.6 Å². The highest BCUT2D eigenvalue weighted by Gasteiger charge is 2.29. The second-order valence-electron chi connectivity index (χ2n) is 6.49. The van der Waals surface area contributed by atoms with Crippen LogP contribution in [-0.4, -0.2) is 22.2 Å². The fraction of sp³-hybridized carbons (Fsp3) is 0.200. The topological polar surface area (TPSA) is 38.1 Å². The molecule has 1 amide bonds. The predicted molar refractivity (Wildman–Crippen MR) is 99.7 cm³/mol. The van der Waals surface area contributed by atoms with Gasteiger partial charge >= 0.3 is 0 Å². The number of nitrogens with zero attached hydrogens (tertiary/aromatic N) is 3. The van der Waals surface area contributed by atoms with Crippen molar-refractivity contribution in [3.63, 3.8) is 0 Å². The number of aryl methyl sites for hydroxylation is 1. The van der Waals surface area contributed by atoms with Crippen molar-refractivity contribution in [3.05, 3.63) is 76.1 Å². The van der Waals surface area contributed by atoms with Crippen molar-refractivity contribution in [2.24, 2.45) is 0 Å². The first-order chi connectivity index (χ1) is 13.0. The summed E-state index contributed by atoms with van der Waals surface area (Å²) >= 11 is 6.04. The number of fused-ring (bicyclic) bond motifs is 1. The number of hydrogen-bond donors (Lipinski definition) is 0. The fourth-order valence-corrected chi connectivity index (χ4v) is 3.67. The molecule has 0 atom stereocenters. The number of aromatic nitrogens is 2. The number of amides is 1. The van der Waals surface area contributed by atoms with E-state index in [1.54, 1.807) is 29.8 Å². The molecule has 4 nitrogen and oxygen atoms in total. The molecule has 2 heterocycles. The molecule has 1 aliphatic heterocycles. The van der Waals surface area contributed by atoms with E-state index in [0.717, 1.165) is 11.8 Å². The molecule has 0 saturated carbocycles. The quantitative estimate of drug-likeness (QED) is 0.639. The van der Waals surface area contributed by atoms with E-state index in [9.17, 15) is 13.6 Å². The molecule has 4 rings (SSSR count). The van der Waals surface area contributed by atoms with Gasteiger partial charge in [0.25, 0.3) is 5.91 Å². The highest BCUT2D eigenvalue weighted by molar-refractivity contribution is 6.30. The zero-order chi connectivity index (χ0) is 19.1. The van der Waals surface area contributed by atoms with Crippen molar-refractivity contribution in [2.75, 3.05) is 11.4 Å². The first kappa shape index (κ1) is 17.7. The van der Waals surface area contributed by atoms with Gasteiger partial charge in [0.2, 0.25) is 0 Å². The Labute approximate surface area is 160 Å². The predicted octanol–water partition coefficient (Wildman–Crippen LogP) is 4.71. The average Bonchev–Trinajstić information content (AvgIpc) is 3.01. The third kappa shape index (κ3) is 3.10. The molecular formula is C20H16ClF2N3O. The van der Waals surface area contributed by atoms with E-state index in [1.165, 1.54) is 17.2 Å². The van der Waals surface area contributed by atoms with Crippen LogP contribution in [0.5, 0.6) is 0 Å². The monoisotopic (exact) mass is 387 g/mol. The zero-order valence-electron chi connectivity index (χ0n) is 14.5. The Morgan fingerprint density at radius 3 is 2.81 bits per heavy atom. The molecule has 0 aliphatic carbocycles. The number of carbonyl (C=O) groups excluding carboxylic acids is 1. The summed E-state index contributed by atoms with van der Waals surface area (Å²) in [5, 5.41) is 4.85. The lowest BCUT2D eigenvalue weighted by molar-refractivity contribution is 0.0983. The Morgan fingerprint density at radius 2 is 2.04 bits per heavy atom. The molecule has 0 spiro atoms. The van der Waals surface area contributed by atoms with Crippen LogP contribution in [0.4, 0.5) is 14.5 Å². The third-order valence-electron chi connectivity index (χ3n) is 4.74. The van der Waals surface area contributed by atoms with E-state index in [0.29, 0.717) is 41.2 Å². The molecule has 0 bridgehead atoms. The van der Waals surface area contributed by atoms with Crippen LogP contribution in [0.15, 0.2) is 42.6 Å². The molecule has 3 aromatic rings. The van der Waals surface area contributed by atoms with Crippen LogP contribution < -0.4 is 4.90 Å². The first-order valence-corrected chi connectivity index (χ1v) is 8.94.